The number of aryl methyl sites for hydroxylation is 1. The Hall–Kier alpha value is -1.55. The van der Waals surface area contributed by atoms with Gasteiger partial charge in [0, 0.05) is 32.6 Å². The number of hydrogen-bond donors (Lipinski definition) is 1. The third-order valence-electron chi connectivity index (χ3n) is 4.83. The second-order valence-corrected chi connectivity index (χ2v) is 6.91. The fraction of sp³-hybridized carbons (Fsp3) is 0.632. The highest BCUT2D eigenvalue weighted by Crippen LogP contribution is 2.25. The second-order valence-electron chi connectivity index (χ2n) is 6.91. The predicted octanol–water partition coefficient (Wildman–Crippen LogP) is 2.75. The molecule has 0 aromatic heterocycles. The smallest absolute Gasteiger partial charge is 0.223 e. The van der Waals surface area contributed by atoms with E-state index in [-0.39, 0.29) is 0 Å². The first kappa shape index (κ1) is 16.3. The van der Waals surface area contributed by atoms with Crippen LogP contribution in [0.5, 0.6) is 5.75 Å². The molecule has 0 bridgehead atoms. The lowest BCUT2D eigenvalue weighted by molar-refractivity contribution is -0.132. The van der Waals surface area contributed by atoms with Gasteiger partial charge in [-0.3, -0.25) is 4.79 Å². The number of amides is 1. The van der Waals surface area contributed by atoms with Crippen molar-refractivity contribution in [1.82, 2.24) is 10.2 Å². The molecule has 0 aliphatic carbocycles. The first-order valence-electron chi connectivity index (χ1n) is 8.95. The molecule has 0 unspecified atom stereocenters. The van der Waals surface area contributed by atoms with Crippen molar-refractivity contribution >= 4 is 5.91 Å². The van der Waals surface area contributed by atoms with Crippen LogP contribution in [0.1, 0.15) is 43.7 Å². The summed E-state index contributed by atoms with van der Waals surface area (Å²) < 4.78 is 5.64. The number of nitrogens with zero attached hydrogens (tertiary/aromatic N) is 1. The predicted molar refractivity (Wildman–Crippen MR) is 91.6 cm³/mol. The van der Waals surface area contributed by atoms with Crippen LogP contribution in [0.3, 0.4) is 0 Å². The summed E-state index contributed by atoms with van der Waals surface area (Å²) >= 11 is 0. The Labute approximate surface area is 139 Å². The van der Waals surface area contributed by atoms with Crippen LogP contribution < -0.4 is 10.1 Å². The monoisotopic (exact) mass is 316 g/mol. The number of benzene rings is 1. The Balaban J connectivity index is 1.40. The van der Waals surface area contributed by atoms with Gasteiger partial charge >= 0.3 is 0 Å². The number of piperidine rings is 1. The first-order chi connectivity index (χ1) is 11.2. The maximum atomic E-state index is 12.2. The normalized spacial score (nSPS) is 20.7. The molecule has 0 radical (unpaired) electrons. The summed E-state index contributed by atoms with van der Waals surface area (Å²) in [7, 11) is 0. The summed E-state index contributed by atoms with van der Waals surface area (Å²) in [6.07, 6.45) is 5.21. The third-order valence-corrected chi connectivity index (χ3v) is 4.83. The number of carbonyl (C=O) groups excluding carboxylic acids is 1. The average molecular weight is 316 g/mol. The van der Waals surface area contributed by atoms with Crippen LogP contribution in [0.2, 0.25) is 0 Å². The lowest BCUT2D eigenvalue weighted by atomic mass is 10.00. The van der Waals surface area contributed by atoms with E-state index < -0.39 is 0 Å². The molecule has 1 aromatic rings. The minimum atomic E-state index is 0.294. The second kappa shape index (κ2) is 7.82. The number of likely N-dealkylation sites (tertiary alicyclic amines) is 1. The highest BCUT2D eigenvalue weighted by molar-refractivity contribution is 5.76. The van der Waals surface area contributed by atoms with Crippen molar-refractivity contribution in [3.63, 3.8) is 0 Å². The van der Waals surface area contributed by atoms with Gasteiger partial charge in [0.25, 0.3) is 0 Å². The van der Waals surface area contributed by atoms with Gasteiger partial charge in [0.1, 0.15) is 5.75 Å². The van der Waals surface area contributed by atoms with Gasteiger partial charge < -0.3 is 15.0 Å². The van der Waals surface area contributed by atoms with Gasteiger partial charge in [-0.25, -0.2) is 0 Å². The van der Waals surface area contributed by atoms with Crippen LogP contribution in [-0.2, 0) is 17.8 Å². The minimum Gasteiger partial charge on any atom is -0.493 e. The van der Waals surface area contributed by atoms with Crippen LogP contribution in [0.4, 0.5) is 0 Å². The molecule has 4 nitrogen and oxygen atoms in total. The van der Waals surface area contributed by atoms with Crippen molar-refractivity contribution in [2.75, 3.05) is 26.2 Å². The summed E-state index contributed by atoms with van der Waals surface area (Å²) in [5.74, 6) is 1.98. The van der Waals surface area contributed by atoms with E-state index in [2.05, 4.69) is 30.4 Å². The molecule has 0 spiro atoms. The Morgan fingerprint density at radius 1 is 1.39 bits per heavy atom. The van der Waals surface area contributed by atoms with E-state index in [1.165, 1.54) is 17.5 Å². The van der Waals surface area contributed by atoms with Crippen LogP contribution in [-0.4, -0.2) is 37.0 Å². The summed E-state index contributed by atoms with van der Waals surface area (Å²) in [4.78, 5) is 14.2. The fourth-order valence-corrected chi connectivity index (χ4v) is 3.53. The fourth-order valence-electron chi connectivity index (χ4n) is 3.53. The Morgan fingerprint density at radius 2 is 2.30 bits per heavy atom. The number of rotatable bonds is 5. The van der Waals surface area contributed by atoms with Crippen molar-refractivity contribution in [3.05, 3.63) is 29.3 Å². The zero-order valence-electron chi connectivity index (χ0n) is 14.1. The zero-order valence-corrected chi connectivity index (χ0v) is 14.1. The third kappa shape index (κ3) is 4.47. The van der Waals surface area contributed by atoms with E-state index >= 15 is 0 Å². The van der Waals surface area contributed by atoms with Gasteiger partial charge in [-0.15, -0.1) is 0 Å². The van der Waals surface area contributed by atoms with E-state index in [1.54, 1.807) is 0 Å². The van der Waals surface area contributed by atoms with Crippen LogP contribution >= 0.6 is 0 Å². The molecule has 1 aromatic carbocycles. The lowest BCUT2D eigenvalue weighted by Gasteiger charge is -2.31. The molecular weight excluding hydrogens is 288 g/mol. The number of fused-ring (bicyclic) bond motifs is 1. The number of hydrogen-bond acceptors (Lipinski definition) is 3. The number of ether oxygens (including phenoxy) is 1. The highest BCUT2D eigenvalue weighted by atomic mass is 16.5. The van der Waals surface area contributed by atoms with Gasteiger partial charge in [-0.1, -0.05) is 19.1 Å². The van der Waals surface area contributed by atoms with Crippen LogP contribution in [0, 0.1) is 5.92 Å². The topological polar surface area (TPSA) is 41.6 Å². The summed E-state index contributed by atoms with van der Waals surface area (Å²) in [5.41, 5.74) is 2.59. The quantitative estimate of drug-likeness (QED) is 0.849. The molecule has 2 aliphatic rings. The average Bonchev–Trinajstić information content (AvgIpc) is 2.58. The Kier molecular flexibility index (Phi) is 5.55. The minimum absolute atomic E-state index is 0.294. The number of nitrogens with one attached hydrogen (secondary N) is 1. The van der Waals surface area contributed by atoms with Crippen molar-refractivity contribution in [3.8, 4) is 5.75 Å². The molecule has 2 aliphatic heterocycles. The van der Waals surface area contributed by atoms with Crippen molar-refractivity contribution in [1.29, 1.82) is 0 Å². The first-order valence-corrected chi connectivity index (χ1v) is 8.95. The molecule has 3 rings (SSSR count). The molecule has 0 saturated carbocycles. The van der Waals surface area contributed by atoms with Gasteiger partial charge in [-0.2, -0.15) is 0 Å². The number of carbonyl (C=O) groups is 1. The molecule has 126 valence electrons. The SMILES string of the molecule is C[C@H]1CCCN(C(=O)CCNCc2ccc3c(c2)CCCO3)C1. The molecule has 2 heterocycles. The van der Waals surface area contributed by atoms with Crippen LogP contribution in [0.25, 0.3) is 0 Å². The molecule has 1 atom stereocenters. The molecule has 1 amide bonds. The van der Waals surface area contributed by atoms with Gasteiger partial charge in [0.05, 0.1) is 6.61 Å². The molecule has 1 N–H and O–H groups in total. The van der Waals surface area contributed by atoms with Crippen molar-refractivity contribution < 1.29 is 9.53 Å². The lowest BCUT2D eigenvalue weighted by Crippen LogP contribution is -2.40. The highest BCUT2D eigenvalue weighted by Gasteiger charge is 2.20. The Morgan fingerprint density at radius 3 is 3.17 bits per heavy atom. The van der Waals surface area contributed by atoms with Crippen molar-refractivity contribution in [2.45, 2.75) is 45.6 Å². The van der Waals surface area contributed by atoms with E-state index in [1.807, 2.05) is 4.90 Å². The van der Waals surface area contributed by atoms with Gasteiger partial charge in [0.2, 0.25) is 5.91 Å². The zero-order chi connectivity index (χ0) is 16.1. The Bertz CT molecular complexity index is 544. The summed E-state index contributed by atoms with van der Waals surface area (Å²) in [5, 5.41) is 3.40. The molecule has 23 heavy (non-hydrogen) atoms. The standard InChI is InChI=1S/C19H28N2O2/c1-15-4-2-10-21(14-15)19(22)8-9-20-13-16-6-7-18-17(12-16)5-3-11-23-18/h6-7,12,15,20H,2-5,8-11,13-14H2,1H3/t15-/m0/s1. The molecule has 1 fully saturated rings. The molecule has 4 heteroatoms. The summed E-state index contributed by atoms with van der Waals surface area (Å²) in [6, 6.07) is 6.42. The largest absolute Gasteiger partial charge is 0.493 e. The maximum Gasteiger partial charge on any atom is 0.223 e. The van der Waals surface area contributed by atoms with Crippen LogP contribution in [0.15, 0.2) is 18.2 Å². The molecular formula is C19H28N2O2. The van der Waals surface area contributed by atoms with Gasteiger partial charge in [0.15, 0.2) is 0 Å². The van der Waals surface area contributed by atoms with Gasteiger partial charge in [-0.05, 0) is 48.8 Å². The molecule has 1 saturated heterocycles. The van der Waals surface area contributed by atoms with E-state index in [0.29, 0.717) is 18.2 Å². The van der Waals surface area contributed by atoms with E-state index in [9.17, 15) is 4.79 Å². The van der Waals surface area contributed by atoms with Crippen molar-refractivity contribution in [2.24, 2.45) is 5.92 Å². The summed E-state index contributed by atoms with van der Waals surface area (Å²) in [6.45, 7) is 6.51. The van der Waals surface area contributed by atoms with E-state index in [4.69, 9.17) is 4.74 Å². The van der Waals surface area contributed by atoms with E-state index in [0.717, 1.165) is 57.8 Å². The maximum absolute atomic E-state index is 12.2.